The van der Waals surface area contributed by atoms with Crippen LogP contribution >= 0.6 is 0 Å². The van der Waals surface area contributed by atoms with Crippen molar-refractivity contribution in [2.45, 2.75) is 20.3 Å². The number of aryl methyl sites for hydroxylation is 2. The molecule has 0 saturated heterocycles. The molecular formula is C12H14O2. The monoisotopic (exact) mass is 190 g/mol. The van der Waals surface area contributed by atoms with Gasteiger partial charge in [-0.25, -0.2) is 0 Å². The molecular weight excluding hydrogens is 176 g/mol. The van der Waals surface area contributed by atoms with Crippen LogP contribution in [0.2, 0.25) is 0 Å². The molecule has 2 nitrogen and oxygen atoms in total. The number of rotatable bonds is 3. The Labute approximate surface area is 83.9 Å². The molecule has 0 heterocycles. The summed E-state index contributed by atoms with van der Waals surface area (Å²) in [6.45, 7) is 3.72. The lowest BCUT2D eigenvalue weighted by molar-refractivity contribution is -0.107. The van der Waals surface area contributed by atoms with Crippen molar-refractivity contribution < 1.29 is 9.90 Å². The highest BCUT2D eigenvalue weighted by atomic mass is 16.3. The fourth-order valence-electron chi connectivity index (χ4n) is 1.35. The molecule has 1 N–H and O–H groups in total. The molecule has 2 heteroatoms. The van der Waals surface area contributed by atoms with E-state index in [1.54, 1.807) is 6.08 Å². The van der Waals surface area contributed by atoms with E-state index in [1.807, 2.05) is 32.1 Å². The summed E-state index contributed by atoms with van der Waals surface area (Å²) in [6.07, 6.45) is 4.97. The number of phenols is 1. The van der Waals surface area contributed by atoms with Crippen LogP contribution in [0.4, 0.5) is 0 Å². The Hall–Kier alpha value is -1.57. The van der Waals surface area contributed by atoms with Crippen molar-refractivity contribution in [1.29, 1.82) is 0 Å². The van der Waals surface area contributed by atoms with Gasteiger partial charge in [0.05, 0.1) is 0 Å². The molecule has 0 aliphatic rings. The first-order valence-corrected chi connectivity index (χ1v) is 4.55. The van der Waals surface area contributed by atoms with E-state index in [-0.39, 0.29) is 0 Å². The summed E-state index contributed by atoms with van der Waals surface area (Å²) in [6, 6.07) is 3.78. The first-order chi connectivity index (χ1) is 6.65. The van der Waals surface area contributed by atoms with Gasteiger partial charge < -0.3 is 9.90 Å². The Morgan fingerprint density at radius 2 is 1.86 bits per heavy atom. The van der Waals surface area contributed by atoms with Gasteiger partial charge in [-0.05, 0) is 42.7 Å². The molecule has 0 amide bonds. The molecule has 74 valence electrons. The molecule has 0 unspecified atom stereocenters. The summed E-state index contributed by atoms with van der Waals surface area (Å²) in [5.41, 5.74) is 2.73. The van der Waals surface area contributed by atoms with Gasteiger partial charge in [0, 0.05) is 6.42 Å². The topological polar surface area (TPSA) is 37.3 Å². The van der Waals surface area contributed by atoms with Gasteiger partial charge in [0.15, 0.2) is 0 Å². The third-order valence-electron chi connectivity index (χ3n) is 2.06. The minimum Gasteiger partial charge on any atom is -0.507 e. The Morgan fingerprint density at radius 3 is 2.36 bits per heavy atom. The van der Waals surface area contributed by atoms with Gasteiger partial charge in [-0.3, -0.25) is 0 Å². The highest BCUT2D eigenvalue weighted by Crippen LogP contribution is 2.23. The van der Waals surface area contributed by atoms with Crippen molar-refractivity contribution in [3.05, 3.63) is 34.9 Å². The molecule has 1 aromatic rings. The SMILES string of the molecule is Cc1cc(C=CCC=O)cc(C)c1O. The summed E-state index contributed by atoms with van der Waals surface area (Å²) in [4.78, 5) is 10.1. The maximum atomic E-state index is 10.1. The van der Waals surface area contributed by atoms with Crippen LogP contribution in [0.1, 0.15) is 23.1 Å². The van der Waals surface area contributed by atoms with Crippen molar-refractivity contribution in [3.63, 3.8) is 0 Å². The fourth-order valence-corrected chi connectivity index (χ4v) is 1.35. The van der Waals surface area contributed by atoms with Gasteiger partial charge in [-0.15, -0.1) is 0 Å². The third-order valence-corrected chi connectivity index (χ3v) is 2.06. The van der Waals surface area contributed by atoms with E-state index >= 15 is 0 Å². The zero-order chi connectivity index (χ0) is 10.6. The Morgan fingerprint density at radius 1 is 1.29 bits per heavy atom. The molecule has 0 saturated carbocycles. The van der Waals surface area contributed by atoms with E-state index in [2.05, 4.69) is 0 Å². The highest BCUT2D eigenvalue weighted by molar-refractivity contribution is 5.60. The van der Waals surface area contributed by atoms with Crippen molar-refractivity contribution in [2.24, 2.45) is 0 Å². The van der Waals surface area contributed by atoms with Crippen molar-refractivity contribution in [1.82, 2.24) is 0 Å². The average molecular weight is 190 g/mol. The molecule has 0 radical (unpaired) electrons. The lowest BCUT2D eigenvalue weighted by atomic mass is 10.1. The molecule has 14 heavy (non-hydrogen) atoms. The summed E-state index contributed by atoms with van der Waals surface area (Å²) in [7, 11) is 0. The highest BCUT2D eigenvalue weighted by Gasteiger charge is 2.00. The first kappa shape index (κ1) is 10.5. The van der Waals surface area contributed by atoms with Crippen molar-refractivity contribution in [2.75, 3.05) is 0 Å². The number of allylic oxidation sites excluding steroid dienone is 1. The minimum atomic E-state index is 0.345. The molecule has 0 atom stereocenters. The molecule has 1 aromatic carbocycles. The van der Waals surface area contributed by atoms with E-state index in [0.29, 0.717) is 12.2 Å². The van der Waals surface area contributed by atoms with Gasteiger partial charge in [-0.1, -0.05) is 12.2 Å². The molecule has 0 bridgehead atoms. The fraction of sp³-hybridized carbons (Fsp3) is 0.250. The van der Waals surface area contributed by atoms with Crippen LogP contribution in [0.25, 0.3) is 6.08 Å². The molecule has 0 aromatic heterocycles. The largest absolute Gasteiger partial charge is 0.507 e. The van der Waals surface area contributed by atoms with E-state index in [0.717, 1.165) is 23.0 Å². The predicted molar refractivity (Wildman–Crippen MR) is 57.3 cm³/mol. The molecule has 0 aliphatic carbocycles. The number of aldehydes is 1. The van der Waals surface area contributed by atoms with E-state index in [1.165, 1.54) is 0 Å². The smallest absolute Gasteiger partial charge is 0.123 e. The maximum Gasteiger partial charge on any atom is 0.123 e. The zero-order valence-electron chi connectivity index (χ0n) is 8.45. The first-order valence-electron chi connectivity index (χ1n) is 4.55. The van der Waals surface area contributed by atoms with Gasteiger partial charge in [-0.2, -0.15) is 0 Å². The summed E-state index contributed by atoms with van der Waals surface area (Å²) in [5, 5.41) is 9.52. The maximum absolute atomic E-state index is 10.1. The van der Waals surface area contributed by atoms with Gasteiger partial charge in [0.1, 0.15) is 12.0 Å². The lowest BCUT2D eigenvalue weighted by Crippen LogP contribution is -1.83. The van der Waals surface area contributed by atoms with Crippen LogP contribution in [-0.4, -0.2) is 11.4 Å². The summed E-state index contributed by atoms with van der Waals surface area (Å²) < 4.78 is 0. The molecule has 0 aliphatic heterocycles. The Bertz CT molecular complexity index is 342. The third kappa shape index (κ3) is 2.46. The second-order valence-electron chi connectivity index (χ2n) is 3.31. The van der Waals surface area contributed by atoms with Gasteiger partial charge >= 0.3 is 0 Å². The van der Waals surface area contributed by atoms with Gasteiger partial charge in [0.25, 0.3) is 0 Å². The molecule has 0 spiro atoms. The standard InChI is InChI=1S/C12H14O2/c1-9-7-11(5-3-4-6-13)8-10(2)12(9)14/h3,5-8,14H,4H2,1-2H3. The average Bonchev–Trinajstić information content (AvgIpc) is 2.14. The lowest BCUT2D eigenvalue weighted by Gasteiger charge is -2.04. The van der Waals surface area contributed by atoms with E-state index < -0.39 is 0 Å². The number of aromatic hydroxyl groups is 1. The number of phenolic OH excluding ortho intramolecular Hbond substituents is 1. The van der Waals surface area contributed by atoms with E-state index in [9.17, 15) is 9.90 Å². The van der Waals surface area contributed by atoms with Crippen LogP contribution < -0.4 is 0 Å². The predicted octanol–water partition coefficient (Wildman–Crippen LogP) is 2.61. The number of hydrogen-bond donors (Lipinski definition) is 1. The Kier molecular flexibility index (Phi) is 3.46. The summed E-state index contributed by atoms with van der Waals surface area (Å²) >= 11 is 0. The number of carbonyl (C=O) groups is 1. The van der Waals surface area contributed by atoms with E-state index in [4.69, 9.17) is 0 Å². The summed E-state index contributed by atoms with van der Waals surface area (Å²) in [5.74, 6) is 0.345. The number of carbonyl (C=O) groups excluding carboxylic acids is 1. The van der Waals surface area contributed by atoms with Crippen molar-refractivity contribution >= 4 is 12.4 Å². The van der Waals surface area contributed by atoms with Crippen LogP contribution in [0, 0.1) is 13.8 Å². The zero-order valence-corrected chi connectivity index (χ0v) is 8.45. The molecule has 1 rings (SSSR count). The second kappa shape index (κ2) is 4.61. The number of benzene rings is 1. The second-order valence-corrected chi connectivity index (χ2v) is 3.31. The molecule has 0 fully saturated rings. The van der Waals surface area contributed by atoms with Crippen LogP contribution in [0.15, 0.2) is 18.2 Å². The quantitative estimate of drug-likeness (QED) is 0.744. The van der Waals surface area contributed by atoms with Crippen LogP contribution in [-0.2, 0) is 4.79 Å². The minimum absolute atomic E-state index is 0.345. The number of hydrogen-bond acceptors (Lipinski definition) is 2. The van der Waals surface area contributed by atoms with Crippen LogP contribution in [0.5, 0.6) is 5.75 Å². The Balaban J connectivity index is 2.95. The van der Waals surface area contributed by atoms with Gasteiger partial charge in [0.2, 0.25) is 0 Å². The van der Waals surface area contributed by atoms with Crippen molar-refractivity contribution in [3.8, 4) is 5.75 Å². The normalized spacial score (nSPS) is 10.7. The van der Waals surface area contributed by atoms with Crippen LogP contribution in [0.3, 0.4) is 0 Å².